The van der Waals surface area contributed by atoms with Crippen molar-refractivity contribution in [2.75, 3.05) is 0 Å². The molecule has 3 heterocycles. The summed E-state index contributed by atoms with van der Waals surface area (Å²) in [5.74, 6) is -2.89. The Balaban J connectivity index is 1.43. The molecule has 2 atom stereocenters. The lowest BCUT2D eigenvalue weighted by Gasteiger charge is -2.33. The maximum absolute atomic E-state index is 13.9. The van der Waals surface area contributed by atoms with Gasteiger partial charge in [0.25, 0.3) is 5.91 Å². The number of halogens is 2. The first-order valence-corrected chi connectivity index (χ1v) is 13.0. The predicted octanol–water partition coefficient (Wildman–Crippen LogP) is 4.69. The van der Waals surface area contributed by atoms with Crippen molar-refractivity contribution in [2.24, 2.45) is 11.8 Å². The molecule has 3 aromatic rings. The topological polar surface area (TPSA) is 114 Å². The van der Waals surface area contributed by atoms with Crippen LogP contribution >= 0.6 is 0 Å². The first-order valence-electron chi connectivity index (χ1n) is 13.0. The van der Waals surface area contributed by atoms with Gasteiger partial charge in [-0.3, -0.25) is 9.59 Å². The Morgan fingerprint density at radius 1 is 1.16 bits per heavy atom. The molecule has 3 aromatic heterocycles. The highest BCUT2D eigenvalue weighted by molar-refractivity contribution is 5.92. The predicted molar refractivity (Wildman–Crippen MR) is 130 cm³/mol. The van der Waals surface area contributed by atoms with Crippen molar-refractivity contribution in [3.05, 3.63) is 47.6 Å². The average Bonchev–Trinajstić information content (AvgIpc) is 3.47. The Kier molecular flexibility index (Phi) is 6.96. The van der Waals surface area contributed by atoms with E-state index in [1.54, 1.807) is 23.8 Å². The van der Waals surface area contributed by atoms with Gasteiger partial charge < -0.3 is 15.1 Å². The van der Waals surface area contributed by atoms with Gasteiger partial charge in [-0.1, -0.05) is 6.92 Å². The van der Waals surface area contributed by atoms with Crippen LogP contribution in [0.2, 0.25) is 0 Å². The molecular weight excluding hydrogens is 482 g/mol. The van der Waals surface area contributed by atoms with E-state index in [1.807, 2.05) is 13.0 Å². The zero-order valence-corrected chi connectivity index (χ0v) is 21.0. The number of aromatic nitrogens is 4. The molecule has 0 unspecified atom stereocenters. The molecule has 37 heavy (non-hydrogen) atoms. The number of imidazole rings is 1. The number of hydrogen-bond acceptors (Lipinski definition) is 6. The summed E-state index contributed by atoms with van der Waals surface area (Å²) in [7, 11) is 0. The van der Waals surface area contributed by atoms with Gasteiger partial charge >= 0.3 is 0 Å². The molecule has 0 radical (unpaired) electrons. The van der Waals surface area contributed by atoms with E-state index in [9.17, 15) is 18.4 Å². The van der Waals surface area contributed by atoms with Crippen molar-refractivity contribution in [3.8, 4) is 0 Å². The summed E-state index contributed by atoms with van der Waals surface area (Å²) in [6.45, 7) is 3.64. The van der Waals surface area contributed by atoms with Crippen LogP contribution in [0.25, 0.3) is 5.65 Å². The SMILES string of the molecule is CCCC(=O)N[C@@H](c1cnn2cc([C@@H](NC(=O)c3ocnc3C)C3CCC(F)(F)CC3)nc2c1)C1CC1. The van der Waals surface area contributed by atoms with Gasteiger partial charge in [0.2, 0.25) is 17.6 Å². The molecule has 2 amide bonds. The Bertz CT molecular complexity index is 1270. The van der Waals surface area contributed by atoms with Crippen molar-refractivity contribution in [3.63, 3.8) is 0 Å². The molecule has 0 saturated heterocycles. The Morgan fingerprint density at radius 2 is 1.89 bits per heavy atom. The standard InChI is InChI=1S/C26H32F2N6O3/c1-3-4-21(35)32-22(16-5-6-16)18-11-20-31-19(13-34(20)30-12-18)23(17-7-9-26(27,28)10-8-17)33-25(36)24-15(2)29-14-37-24/h11-14,16-17,22-23H,3-10H2,1-2H3,(H,32,35)(H,33,36)/t22-,23+/m1/s1. The first kappa shape index (κ1) is 25.3. The smallest absolute Gasteiger partial charge is 0.289 e. The molecule has 2 aliphatic carbocycles. The van der Waals surface area contributed by atoms with Gasteiger partial charge in [0.15, 0.2) is 12.0 Å². The van der Waals surface area contributed by atoms with Gasteiger partial charge in [-0.25, -0.2) is 23.3 Å². The van der Waals surface area contributed by atoms with Crippen LogP contribution < -0.4 is 10.6 Å². The number of hydrogen-bond donors (Lipinski definition) is 2. The maximum atomic E-state index is 13.9. The summed E-state index contributed by atoms with van der Waals surface area (Å²) in [4.78, 5) is 34.0. The molecule has 0 aliphatic heterocycles. The van der Waals surface area contributed by atoms with E-state index in [4.69, 9.17) is 9.40 Å². The Hall–Kier alpha value is -3.37. The van der Waals surface area contributed by atoms with Crippen molar-refractivity contribution >= 4 is 17.5 Å². The highest BCUT2D eigenvalue weighted by atomic mass is 19.3. The van der Waals surface area contributed by atoms with Crippen molar-refractivity contribution in [1.29, 1.82) is 0 Å². The largest absolute Gasteiger partial charge is 0.438 e. The number of fused-ring (bicyclic) bond motifs is 1. The molecule has 5 rings (SSSR count). The zero-order chi connectivity index (χ0) is 26.2. The molecule has 2 N–H and O–H groups in total. The quantitative estimate of drug-likeness (QED) is 0.428. The molecule has 9 nitrogen and oxygen atoms in total. The zero-order valence-electron chi connectivity index (χ0n) is 21.0. The maximum Gasteiger partial charge on any atom is 0.289 e. The number of amides is 2. The minimum atomic E-state index is -2.69. The number of alkyl halides is 2. The Labute approximate surface area is 213 Å². The van der Waals surface area contributed by atoms with Gasteiger partial charge in [0, 0.05) is 19.3 Å². The second kappa shape index (κ2) is 10.2. The molecule has 2 saturated carbocycles. The number of carbonyl (C=O) groups excluding carboxylic acids is 2. The van der Waals surface area contributed by atoms with Crippen LogP contribution in [-0.2, 0) is 4.79 Å². The average molecular weight is 515 g/mol. The summed E-state index contributed by atoms with van der Waals surface area (Å²) in [6.07, 6.45) is 8.05. The number of nitrogens with zero attached hydrogens (tertiary/aromatic N) is 4. The van der Waals surface area contributed by atoms with E-state index in [-0.39, 0.29) is 49.3 Å². The molecule has 11 heteroatoms. The van der Waals surface area contributed by atoms with Crippen molar-refractivity contribution in [1.82, 2.24) is 30.2 Å². The first-order chi connectivity index (χ1) is 17.7. The second-order valence-corrected chi connectivity index (χ2v) is 10.3. The van der Waals surface area contributed by atoms with Crippen LogP contribution in [0.4, 0.5) is 8.78 Å². The van der Waals surface area contributed by atoms with Gasteiger partial charge in [0.05, 0.1) is 35.9 Å². The number of oxazole rings is 1. The molecule has 0 aromatic carbocycles. The normalized spacial score (nSPS) is 19.5. The molecule has 2 aliphatic rings. The van der Waals surface area contributed by atoms with Crippen molar-refractivity contribution < 1.29 is 22.8 Å². The molecule has 0 bridgehead atoms. The number of carbonyl (C=O) groups is 2. The summed E-state index contributed by atoms with van der Waals surface area (Å²) < 4.78 is 34.7. The summed E-state index contributed by atoms with van der Waals surface area (Å²) in [5, 5.41) is 10.6. The molecule has 2 fully saturated rings. The Morgan fingerprint density at radius 3 is 2.54 bits per heavy atom. The van der Waals surface area contributed by atoms with Gasteiger partial charge in [-0.2, -0.15) is 5.10 Å². The van der Waals surface area contributed by atoms with Gasteiger partial charge in [0.1, 0.15) is 0 Å². The van der Waals surface area contributed by atoms with E-state index in [2.05, 4.69) is 20.7 Å². The summed E-state index contributed by atoms with van der Waals surface area (Å²) >= 11 is 0. The van der Waals surface area contributed by atoms with E-state index in [0.717, 1.165) is 24.8 Å². The fourth-order valence-electron chi connectivity index (χ4n) is 5.16. The van der Waals surface area contributed by atoms with Crippen LogP contribution in [0.3, 0.4) is 0 Å². The van der Waals surface area contributed by atoms with E-state index >= 15 is 0 Å². The lowest BCUT2D eigenvalue weighted by Crippen LogP contribution is -2.37. The number of nitrogens with one attached hydrogen (secondary N) is 2. The minimum Gasteiger partial charge on any atom is -0.438 e. The monoisotopic (exact) mass is 514 g/mol. The van der Waals surface area contributed by atoms with Gasteiger partial charge in [-0.05, 0) is 62.5 Å². The number of rotatable bonds is 9. The van der Waals surface area contributed by atoms with E-state index < -0.39 is 17.9 Å². The van der Waals surface area contributed by atoms with Crippen LogP contribution in [0.5, 0.6) is 0 Å². The summed E-state index contributed by atoms with van der Waals surface area (Å²) in [6, 6.07) is 1.18. The van der Waals surface area contributed by atoms with Crippen LogP contribution in [-0.4, -0.2) is 37.3 Å². The van der Waals surface area contributed by atoms with Gasteiger partial charge in [-0.15, -0.1) is 0 Å². The highest BCUT2D eigenvalue weighted by Crippen LogP contribution is 2.42. The van der Waals surface area contributed by atoms with E-state index in [0.29, 0.717) is 29.4 Å². The minimum absolute atomic E-state index is 0.0166. The van der Waals surface area contributed by atoms with Crippen LogP contribution in [0.15, 0.2) is 29.3 Å². The fraction of sp³-hybridized carbons (Fsp3) is 0.577. The van der Waals surface area contributed by atoms with E-state index in [1.165, 1.54) is 6.39 Å². The third-order valence-electron chi connectivity index (χ3n) is 7.40. The molecular formula is C26H32F2N6O3. The molecule has 198 valence electrons. The third kappa shape index (κ3) is 5.65. The second-order valence-electron chi connectivity index (χ2n) is 10.3. The van der Waals surface area contributed by atoms with Crippen LogP contribution in [0, 0.1) is 18.8 Å². The number of aryl methyl sites for hydroxylation is 1. The molecule has 0 spiro atoms. The fourth-order valence-corrected chi connectivity index (χ4v) is 5.16. The lowest BCUT2D eigenvalue weighted by atomic mass is 9.81. The lowest BCUT2D eigenvalue weighted by molar-refractivity contribution is -0.122. The summed E-state index contributed by atoms with van der Waals surface area (Å²) in [5.41, 5.74) is 2.44. The van der Waals surface area contributed by atoms with Crippen molar-refractivity contribution in [2.45, 2.75) is 83.2 Å². The third-order valence-corrected chi connectivity index (χ3v) is 7.40. The highest BCUT2D eigenvalue weighted by Gasteiger charge is 2.40. The van der Waals surface area contributed by atoms with Crippen LogP contribution in [0.1, 0.15) is 97.9 Å².